The molecule has 0 aliphatic heterocycles. The van der Waals surface area contributed by atoms with Crippen LogP contribution in [0.25, 0.3) is 0 Å². The van der Waals surface area contributed by atoms with Crippen LogP contribution >= 0.6 is 11.6 Å². The monoisotopic (exact) mass is 286 g/mol. The van der Waals surface area contributed by atoms with Gasteiger partial charge in [-0.3, -0.25) is 16.0 Å². The second-order valence-electron chi connectivity index (χ2n) is 5.40. The normalized spacial score (nSPS) is 13.5. The molecule has 0 aliphatic carbocycles. The maximum Gasteiger partial charge on any atom is 0.0834 e. The molecule has 19 heavy (non-hydrogen) atoms. The van der Waals surface area contributed by atoms with Gasteiger partial charge in [0.1, 0.15) is 0 Å². The van der Waals surface area contributed by atoms with Crippen molar-refractivity contribution in [3.63, 3.8) is 0 Å². The summed E-state index contributed by atoms with van der Waals surface area (Å²) in [4.78, 5) is 0. The molecule has 0 aromatic carbocycles. The quantitative estimate of drug-likeness (QED) is 0.564. The van der Waals surface area contributed by atoms with Crippen molar-refractivity contribution in [1.82, 2.24) is 15.2 Å². The highest BCUT2D eigenvalue weighted by molar-refractivity contribution is 6.31. The summed E-state index contributed by atoms with van der Waals surface area (Å²) in [6, 6.07) is 0.347. The third-order valence-electron chi connectivity index (χ3n) is 3.54. The van der Waals surface area contributed by atoms with Crippen molar-refractivity contribution in [3.8, 4) is 0 Å². The van der Waals surface area contributed by atoms with Gasteiger partial charge in [0.05, 0.1) is 23.0 Å². The minimum atomic E-state index is 0.0669. The van der Waals surface area contributed by atoms with E-state index in [0.717, 1.165) is 31.4 Å². The number of hydrazine groups is 1. The van der Waals surface area contributed by atoms with Crippen molar-refractivity contribution in [3.05, 3.63) is 16.9 Å². The first kappa shape index (κ1) is 16.5. The van der Waals surface area contributed by atoms with Crippen molar-refractivity contribution in [2.75, 3.05) is 0 Å². The molecule has 0 radical (unpaired) electrons. The SMILES string of the molecule is CCCC(CCC)C(NN)c1c(Cl)cnn1C(C)C. The van der Waals surface area contributed by atoms with Crippen molar-refractivity contribution < 1.29 is 0 Å². The Morgan fingerprint density at radius 2 is 1.89 bits per heavy atom. The number of halogens is 1. The molecule has 3 N–H and O–H groups in total. The average Bonchev–Trinajstić information content (AvgIpc) is 2.73. The lowest BCUT2D eigenvalue weighted by Crippen LogP contribution is -2.35. The number of aromatic nitrogens is 2. The van der Waals surface area contributed by atoms with E-state index in [1.54, 1.807) is 6.20 Å². The molecule has 1 aromatic heterocycles. The standard InChI is InChI=1S/C14H27ClN4/c1-5-7-11(8-6-2)13(18-16)14-12(15)9-17-19(14)10(3)4/h9-11,13,18H,5-8,16H2,1-4H3. The summed E-state index contributed by atoms with van der Waals surface area (Å²) in [6.45, 7) is 8.62. The highest BCUT2D eigenvalue weighted by atomic mass is 35.5. The number of nitrogens with one attached hydrogen (secondary N) is 1. The lowest BCUT2D eigenvalue weighted by Gasteiger charge is -2.28. The van der Waals surface area contributed by atoms with Crippen LogP contribution in [-0.2, 0) is 0 Å². The highest BCUT2D eigenvalue weighted by Gasteiger charge is 2.27. The molecule has 5 heteroatoms. The molecule has 1 atom stereocenters. The molecule has 0 amide bonds. The number of nitrogens with zero attached hydrogens (tertiary/aromatic N) is 2. The number of rotatable bonds is 8. The van der Waals surface area contributed by atoms with Gasteiger partial charge in [-0.2, -0.15) is 5.10 Å². The van der Waals surface area contributed by atoms with E-state index in [9.17, 15) is 0 Å². The van der Waals surface area contributed by atoms with Crippen LogP contribution in [0.15, 0.2) is 6.20 Å². The Labute approximate surface area is 121 Å². The van der Waals surface area contributed by atoms with E-state index in [-0.39, 0.29) is 12.1 Å². The van der Waals surface area contributed by atoms with Crippen molar-refractivity contribution in [2.24, 2.45) is 11.8 Å². The first-order valence-electron chi connectivity index (χ1n) is 7.25. The maximum absolute atomic E-state index is 6.33. The van der Waals surface area contributed by atoms with E-state index < -0.39 is 0 Å². The minimum absolute atomic E-state index is 0.0669. The van der Waals surface area contributed by atoms with E-state index >= 15 is 0 Å². The molecular weight excluding hydrogens is 260 g/mol. The maximum atomic E-state index is 6.33. The smallest absolute Gasteiger partial charge is 0.0834 e. The van der Waals surface area contributed by atoms with Gasteiger partial charge in [0.2, 0.25) is 0 Å². The molecule has 110 valence electrons. The molecule has 4 nitrogen and oxygen atoms in total. The second-order valence-corrected chi connectivity index (χ2v) is 5.81. The summed E-state index contributed by atoms with van der Waals surface area (Å²) in [5.41, 5.74) is 3.98. The molecule has 1 unspecified atom stereocenters. The number of hydrogen-bond donors (Lipinski definition) is 2. The predicted octanol–water partition coefficient (Wildman–Crippen LogP) is 3.84. The molecule has 1 heterocycles. The van der Waals surface area contributed by atoms with E-state index in [0.29, 0.717) is 10.9 Å². The molecule has 0 bridgehead atoms. The largest absolute Gasteiger partial charge is 0.271 e. The van der Waals surface area contributed by atoms with Gasteiger partial charge in [-0.15, -0.1) is 0 Å². The second kappa shape index (κ2) is 7.88. The van der Waals surface area contributed by atoms with Gasteiger partial charge in [-0.1, -0.05) is 38.3 Å². The Balaban J connectivity index is 3.09. The first-order chi connectivity index (χ1) is 9.06. The van der Waals surface area contributed by atoms with Crippen molar-refractivity contribution in [1.29, 1.82) is 0 Å². The van der Waals surface area contributed by atoms with Crippen LogP contribution in [0, 0.1) is 5.92 Å². The Morgan fingerprint density at radius 1 is 1.32 bits per heavy atom. The fourth-order valence-corrected chi connectivity index (χ4v) is 2.96. The Kier molecular flexibility index (Phi) is 6.83. The molecule has 0 saturated carbocycles. The summed E-state index contributed by atoms with van der Waals surface area (Å²) >= 11 is 6.33. The zero-order valence-electron chi connectivity index (χ0n) is 12.5. The van der Waals surface area contributed by atoms with Crippen LogP contribution in [0.3, 0.4) is 0 Å². The first-order valence-corrected chi connectivity index (χ1v) is 7.63. The third kappa shape index (κ3) is 3.94. The van der Waals surface area contributed by atoms with Gasteiger partial charge in [0, 0.05) is 6.04 Å². The topological polar surface area (TPSA) is 55.9 Å². The summed E-state index contributed by atoms with van der Waals surface area (Å²) in [7, 11) is 0. The molecular formula is C14H27ClN4. The molecule has 1 aromatic rings. The third-order valence-corrected chi connectivity index (χ3v) is 3.83. The van der Waals surface area contributed by atoms with Crippen molar-refractivity contribution in [2.45, 2.75) is 65.5 Å². The van der Waals surface area contributed by atoms with Crippen LogP contribution in [-0.4, -0.2) is 9.78 Å². The fourth-order valence-electron chi connectivity index (χ4n) is 2.71. The fraction of sp³-hybridized carbons (Fsp3) is 0.786. The van der Waals surface area contributed by atoms with Crippen LogP contribution in [0.5, 0.6) is 0 Å². The van der Waals surface area contributed by atoms with E-state index in [1.165, 1.54) is 0 Å². The van der Waals surface area contributed by atoms with Crippen LogP contribution in [0.2, 0.25) is 5.02 Å². The summed E-state index contributed by atoms with van der Waals surface area (Å²) < 4.78 is 1.98. The molecule has 0 spiro atoms. The zero-order chi connectivity index (χ0) is 14.4. The number of nitrogens with two attached hydrogens (primary N) is 1. The van der Waals surface area contributed by atoms with Gasteiger partial charge in [-0.25, -0.2) is 0 Å². The summed E-state index contributed by atoms with van der Waals surface area (Å²) in [5.74, 6) is 6.31. The number of hydrogen-bond acceptors (Lipinski definition) is 3. The van der Waals surface area contributed by atoms with Crippen LogP contribution < -0.4 is 11.3 Å². The van der Waals surface area contributed by atoms with E-state index in [4.69, 9.17) is 17.4 Å². The lowest BCUT2D eigenvalue weighted by molar-refractivity contribution is 0.298. The predicted molar refractivity (Wildman–Crippen MR) is 81.0 cm³/mol. The molecule has 0 fully saturated rings. The molecule has 1 rings (SSSR count). The molecule has 0 saturated heterocycles. The van der Waals surface area contributed by atoms with Crippen LogP contribution in [0.1, 0.15) is 71.2 Å². The van der Waals surface area contributed by atoms with Gasteiger partial charge in [0.15, 0.2) is 0 Å². The van der Waals surface area contributed by atoms with Gasteiger partial charge >= 0.3 is 0 Å². The molecule has 0 aliphatic rings. The van der Waals surface area contributed by atoms with Crippen LogP contribution in [0.4, 0.5) is 0 Å². The van der Waals surface area contributed by atoms with Gasteiger partial charge in [0.25, 0.3) is 0 Å². The Hall–Kier alpha value is -0.580. The van der Waals surface area contributed by atoms with E-state index in [1.807, 2.05) is 4.68 Å². The highest BCUT2D eigenvalue weighted by Crippen LogP contribution is 2.34. The Bertz CT molecular complexity index is 370. The Morgan fingerprint density at radius 3 is 2.32 bits per heavy atom. The van der Waals surface area contributed by atoms with Gasteiger partial charge < -0.3 is 0 Å². The summed E-state index contributed by atoms with van der Waals surface area (Å²) in [6.07, 6.45) is 6.30. The van der Waals surface area contributed by atoms with E-state index in [2.05, 4.69) is 38.2 Å². The average molecular weight is 287 g/mol. The minimum Gasteiger partial charge on any atom is -0.271 e. The zero-order valence-corrected chi connectivity index (χ0v) is 13.2. The van der Waals surface area contributed by atoms with Gasteiger partial charge in [-0.05, 0) is 32.6 Å². The lowest BCUT2D eigenvalue weighted by atomic mass is 9.88. The summed E-state index contributed by atoms with van der Waals surface area (Å²) in [5, 5.41) is 5.08. The van der Waals surface area contributed by atoms with Crippen molar-refractivity contribution >= 4 is 11.6 Å².